The summed E-state index contributed by atoms with van der Waals surface area (Å²) in [5, 5.41) is 2.12. The van der Waals surface area contributed by atoms with E-state index < -0.39 is 12.3 Å². The van der Waals surface area contributed by atoms with Gasteiger partial charge in [0.2, 0.25) is 5.91 Å². The molecule has 1 aliphatic rings. The topological polar surface area (TPSA) is 49.4 Å². The van der Waals surface area contributed by atoms with Gasteiger partial charge in [0.25, 0.3) is 5.91 Å². The summed E-state index contributed by atoms with van der Waals surface area (Å²) in [6.45, 7) is 0.542. The van der Waals surface area contributed by atoms with Gasteiger partial charge in [-0.2, -0.15) is 8.78 Å². The minimum atomic E-state index is -3.08. The zero-order valence-electron chi connectivity index (χ0n) is 9.53. The highest BCUT2D eigenvalue weighted by atomic mass is 19.3. The van der Waals surface area contributed by atoms with E-state index in [1.54, 1.807) is 18.2 Å². The van der Waals surface area contributed by atoms with Crippen LogP contribution in [0.25, 0.3) is 0 Å². The number of anilines is 2. The molecule has 6 heteroatoms. The number of benzene rings is 1. The number of hydrogen-bond acceptors (Lipinski definition) is 2. The predicted octanol–water partition coefficient (Wildman–Crippen LogP) is 2.02. The van der Waals surface area contributed by atoms with Gasteiger partial charge in [-0.25, -0.2) is 0 Å². The van der Waals surface area contributed by atoms with Crippen molar-refractivity contribution in [1.29, 1.82) is 0 Å². The van der Waals surface area contributed by atoms with Gasteiger partial charge >= 0.3 is 6.43 Å². The Morgan fingerprint density at radius 3 is 2.67 bits per heavy atom. The third-order valence-electron chi connectivity index (χ3n) is 2.72. The van der Waals surface area contributed by atoms with Gasteiger partial charge in [0.15, 0.2) is 0 Å². The van der Waals surface area contributed by atoms with Crippen LogP contribution in [0.4, 0.5) is 20.2 Å². The summed E-state index contributed by atoms with van der Waals surface area (Å²) in [4.78, 5) is 24.1. The smallest absolute Gasteiger partial charge is 0.315 e. The first kappa shape index (κ1) is 12.5. The molecular formula is C12H12F2N2O2. The Kier molecular flexibility index (Phi) is 3.55. The molecular weight excluding hydrogens is 242 g/mol. The van der Waals surface area contributed by atoms with Crippen molar-refractivity contribution < 1.29 is 18.4 Å². The van der Waals surface area contributed by atoms with Crippen LogP contribution in [0.15, 0.2) is 24.3 Å². The Labute approximate surface area is 103 Å². The van der Waals surface area contributed by atoms with E-state index in [-0.39, 0.29) is 11.6 Å². The Bertz CT molecular complexity index is 477. The molecule has 1 N–H and O–H groups in total. The first-order chi connectivity index (χ1) is 8.59. The highest BCUT2D eigenvalue weighted by Gasteiger charge is 2.25. The van der Waals surface area contributed by atoms with Crippen LogP contribution in [0.3, 0.4) is 0 Å². The van der Waals surface area contributed by atoms with E-state index in [9.17, 15) is 18.4 Å². The van der Waals surface area contributed by atoms with E-state index in [0.717, 1.165) is 6.42 Å². The number of nitrogens with zero attached hydrogens (tertiary/aromatic N) is 1. The molecule has 4 nitrogen and oxygen atoms in total. The van der Waals surface area contributed by atoms with Crippen molar-refractivity contribution in [2.75, 3.05) is 16.8 Å². The van der Waals surface area contributed by atoms with Crippen LogP contribution in [-0.4, -0.2) is 24.8 Å². The van der Waals surface area contributed by atoms with Gasteiger partial charge in [0, 0.05) is 13.0 Å². The minimum Gasteiger partial charge on any atom is -0.319 e. The number of halogens is 2. The number of hydrogen-bond donors (Lipinski definition) is 1. The van der Waals surface area contributed by atoms with Gasteiger partial charge in [0.1, 0.15) is 0 Å². The lowest BCUT2D eigenvalue weighted by molar-refractivity contribution is -0.126. The summed E-state index contributed by atoms with van der Waals surface area (Å²) in [5.74, 6) is -1.43. The van der Waals surface area contributed by atoms with Crippen molar-refractivity contribution in [2.45, 2.75) is 19.3 Å². The second-order valence-corrected chi connectivity index (χ2v) is 3.96. The maximum absolute atomic E-state index is 12.2. The van der Waals surface area contributed by atoms with Gasteiger partial charge in [-0.3, -0.25) is 9.59 Å². The Balaban J connectivity index is 2.25. The quantitative estimate of drug-likeness (QED) is 0.897. The van der Waals surface area contributed by atoms with E-state index in [4.69, 9.17) is 0 Å². The summed E-state index contributed by atoms with van der Waals surface area (Å²) in [6, 6.07) is 6.44. The Hall–Kier alpha value is -1.98. The molecule has 2 rings (SSSR count). The Morgan fingerprint density at radius 2 is 2.06 bits per heavy atom. The van der Waals surface area contributed by atoms with Crippen LogP contribution >= 0.6 is 0 Å². The number of para-hydroxylation sites is 2. The van der Waals surface area contributed by atoms with Crippen molar-refractivity contribution in [2.24, 2.45) is 0 Å². The fraction of sp³-hybridized carbons (Fsp3) is 0.333. The van der Waals surface area contributed by atoms with Crippen LogP contribution in [0.2, 0.25) is 0 Å². The molecule has 0 aliphatic carbocycles. The van der Waals surface area contributed by atoms with Crippen LogP contribution < -0.4 is 10.2 Å². The van der Waals surface area contributed by atoms with Crippen molar-refractivity contribution in [3.63, 3.8) is 0 Å². The van der Waals surface area contributed by atoms with E-state index in [2.05, 4.69) is 5.32 Å². The number of carbonyl (C=O) groups is 2. The first-order valence-electron chi connectivity index (χ1n) is 5.58. The molecule has 0 radical (unpaired) electrons. The summed E-state index contributed by atoms with van der Waals surface area (Å²) < 4.78 is 24.4. The SMILES string of the molecule is O=C(Nc1ccccc1N1CCCC1=O)C(F)F. The molecule has 0 spiro atoms. The lowest BCUT2D eigenvalue weighted by atomic mass is 10.2. The number of carbonyl (C=O) groups excluding carboxylic acids is 2. The highest BCUT2D eigenvalue weighted by molar-refractivity contribution is 6.02. The maximum atomic E-state index is 12.2. The second kappa shape index (κ2) is 5.12. The number of alkyl halides is 2. The van der Waals surface area contributed by atoms with Gasteiger partial charge < -0.3 is 10.2 Å². The molecule has 1 heterocycles. The molecule has 1 saturated heterocycles. The number of rotatable bonds is 3. The lowest BCUT2D eigenvalue weighted by Gasteiger charge is -2.19. The molecule has 0 saturated carbocycles. The molecule has 1 fully saturated rings. The third-order valence-corrected chi connectivity index (χ3v) is 2.72. The van der Waals surface area contributed by atoms with Gasteiger partial charge in [0.05, 0.1) is 11.4 Å². The molecule has 18 heavy (non-hydrogen) atoms. The standard InChI is InChI=1S/C12H12F2N2O2/c13-11(14)12(18)15-8-4-1-2-5-9(8)16-7-3-6-10(16)17/h1-2,4-5,11H,3,6-7H2,(H,15,18). The highest BCUT2D eigenvalue weighted by Crippen LogP contribution is 2.29. The molecule has 2 amide bonds. The largest absolute Gasteiger partial charge is 0.319 e. The van der Waals surface area contributed by atoms with E-state index in [1.165, 1.54) is 11.0 Å². The van der Waals surface area contributed by atoms with Crippen LogP contribution in [0.1, 0.15) is 12.8 Å². The predicted molar refractivity (Wildman–Crippen MR) is 62.7 cm³/mol. The Morgan fingerprint density at radius 1 is 1.33 bits per heavy atom. The maximum Gasteiger partial charge on any atom is 0.315 e. The van der Waals surface area contributed by atoms with Crippen molar-refractivity contribution in [1.82, 2.24) is 0 Å². The third kappa shape index (κ3) is 2.47. The molecule has 1 aliphatic heterocycles. The average Bonchev–Trinajstić information content (AvgIpc) is 2.76. The van der Waals surface area contributed by atoms with Crippen molar-refractivity contribution >= 4 is 23.2 Å². The van der Waals surface area contributed by atoms with Gasteiger partial charge in [-0.05, 0) is 18.6 Å². The van der Waals surface area contributed by atoms with E-state index in [0.29, 0.717) is 18.7 Å². The molecule has 0 bridgehead atoms. The first-order valence-corrected chi connectivity index (χ1v) is 5.58. The summed E-state index contributed by atoms with van der Waals surface area (Å²) >= 11 is 0. The van der Waals surface area contributed by atoms with Gasteiger partial charge in [-0.15, -0.1) is 0 Å². The molecule has 0 atom stereocenters. The fourth-order valence-corrected chi connectivity index (χ4v) is 1.90. The van der Waals surface area contributed by atoms with Crippen molar-refractivity contribution in [3.05, 3.63) is 24.3 Å². The summed E-state index contributed by atoms with van der Waals surface area (Å²) in [7, 11) is 0. The summed E-state index contributed by atoms with van der Waals surface area (Å²) in [6.07, 6.45) is -1.90. The van der Waals surface area contributed by atoms with E-state index in [1.807, 2.05) is 0 Å². The number of nitrogens with one attached hydrogen (secondary N) is 1. The second-order valence-electron chi connectivity index (χ2n) is 3.96. The minimum absolute atomic E-state index is 0.0613. The molecule has 1 aromatic carbocycles. The van der Waals surface area contributed by atoms with Crippen LogP contribution in [0, 0.1) is 0 Å². The molecule has 96 valence electrons. The van der Waals surface area contributed by atoms with Crippen molar-refractivity contribution in [3.8, 4) is 0 Å². The van der Waals surface area contributed by atoms with Crippen LogP contribution in [0.5, 0.6) is 0 Å². The number of amides is 2. The zero-order valence-corrected chi connectivity index (χ0v) is 9.53. The fourth-order valence-electron chi connectivity index (χ4n) is 1.90. The molecule has 0 aromatic heterocycles. The zero-order chi connectivity index (χ0) is 13.1. The molecule has 1 aromatic rings. The monoisotopic (exact) mass is 254 g/mol. The summed E-state index contributed by atoms with van der Waals surface area (Å²) in [5.41, 5.74) is 0.701. The average molecular weight is 254 g/mol. The van der Waals surface area contributed by atoms with E-state index >= 15 is 0 Å². The lowest BCUT2D eigenvalue weighted by Crippen LogP contribution is -2.27. The van der Waals surface area contributed by atoms with Gasteiger partial charge in [-0.1, -0.05) is 12.1 Å². The van der Waals surface area contributed by atoms with Crippen LogP contribution in [-0.2, 0) is 9.59 Å². The molecule has 0 unspecified atom stereocenters. The normalized spacial score (nSPS) is 15.3.